The van der Waals surface area contributed by atoms with E-state index >= 15 is 0 Å². The fourth-order valence-electron chi connectivity index (χ4n) is 1.91. The van der Waals surface area contributed by atoms with Gasteiger partial charge in [-0.3, -0.25) is 9.79 Å². The SMILES string of the molecule is CC1=CS[C@H]([C@H](NC(=O)Cc2cccs2)C(=O)O)N=C1C(=O)O. The molecule has 2 atom stereocenters. The van der Waals surface area contributed by atoms with Crippen LogP contribution in [0.5, 0.6) is 0 Å². The van der Waals surface area contributed by atoms with Gasteiger partial charge in [0.25, 0.3) is 0 Å². The minimum atomic E-state index is -1.30. The van der Waals surface area contributed by atoms with Crippen LogP contribution in [0.15, 0.2) is 33.5 Å². The number of aliphatic carboxylic acids is 2. The molecular formula is C14H14N2O5S2. The Kier molecular flexibility index (Phi) is 5.56. The van der Waals surface area contributed by atoms with E-state index in [1.54, 1.807) is 24.5 Å². The minimum Gasteiger partial charge on any atom is -0.480 e. The zero-order chi connectivity index (χ0) is 17.0. The Balaban J connectivity index is 2.11. The van der Waals surface area contributed by atoms with Crippen LogP contribution < -0.4 is 5.32 Å². The quantitative estimate of drug-likeness (QED) is 0.710. The van der Waals surface area contributed by atoms with Crippen LogP contribution in [-0.2, 0) is 20.8 Å². The average Bonchev–Trinajstić information content (AvgIpc) is 2.97. The molecule has 1 aromatic rings. The Bertz CT molecular complexity index is 681. The van der Waals surface area contributed by atoms with Gasteiger partial charge in [-0.2, -0.15) is 0 Å². The number of amides is 1. The second-order valence-corrected chi connectivity index (χ2v) is 6.77. The standard InChI is InChI=1S/C14H14N2O5S2/c1-7-6-23-12(16-10(7)13(18)19)11(14(20)21)15-9(17)5-8-3-2-4-22-8/h2-4,6,11-12H,5H2,1H3,(H,15,17)(H,18,19)(H,20,21)/t11-,12+/m0/s1. The van der Waals surface area contributed by atoms with E-state index in [1.807, 2.05) is 5.38 Å². The van der Waals surface area contributed by atoms with Crippen LogP contribution in [0.2, 0.25) is 0 Å². The molecule has 0 fully saturated rings. The van der Waals surface area contributed by atoms with Gasteiger partial charge in [-0.15, -0.1) is 23.1 Å². The van der Waals surface area contributed by atoms with Crippen molar-refractivity contribution in [2.75, 3.05) is 0 Å². The molecule has 0 unspecified atom stereocenters. The van der Waals surface area contributed by atoms with Gasteiger partial charge in [0, 0.05) is 4.88 Å². The third kappa shape index (κ3) is 4.42. The lowest BCUT2D eigenvalue weighted by Crippen LogP contribution is -2.48. The number of carboxylic acids is 2. The first kappa shape index (κ1) is 17.2. The first-order valence-electron chi connectivity index (χ1n) is 6.56. The Morgan fingerprint density at radius 2 is 2.13 bits per heavy atom. The van der Waals surface area contributed by atoms with Gasteiger partial charge in [0.15, 0.2) is 6.04 Å². The second-order valence-electron chi connectivity index (χ2n) is 4.75. The maximum absolute atomic E-state index is 12.0. The van der Waals surface area contributed by atoms with Crippen molar-refractivity contribution in [1.29, 1.82) is 0 Å². The van der Waals surface area contributed by atoms with Gasteiger partial charge in [0.05, 0.1) is 6.42 Å². The summed E-state index contributed by atoms with van der Waals surface area (Å²) in [5, 5.41) is 23.3. The lowest BCUT2D eigenvalue weighted by molar-refractivity contribution is -0.141. The maximum atomic E-state index is 12.0. The monoisotopic (exact) mass is 354 g/mol. The van der Waals surface area contributed by atoms with Crippen molar-refractivity contribution < 1.29 is 24.6 Å². The van der Waals surface area contributed by atoms with E-state index in [-0.39, 0.29) is 12.1 Å². The first-order valence-corrected chi connectivity index (χ1v) is 8.39. The number of rotatable bonds is 6. The van der Waals surface area contributed by atoms with Gasteiger partial charge in [-0.05, 0) is 29.4 Å². The van der Waals surface area contributed by atoms with Crippen LogP contribution in [0.3, 0.4) is 0 Å². The van der Waals surface area contributed by atoms with Crippen molar-refractivity contribution >= 4 is 46.7 Å². The number of carboxylic acid groups (broad SMARTS) is 2. The van der Waals surface area contributed by atoms with Crippen LogP contribution in [0.1, 0.15) is 11.8 Å². The van der Waals surface area contributed by atoms with Crippen molar-refractivity contribution in [2.45, 2.75) is 24.8 Å². The number of carbonyl (C=O) groups excluding carboxylic acids is 1. The molecule has 2 heterocycles. The molecular weight excluding hydrogens is 340 g/mol. The minimum absolute atomic E-state index is 0.0726. The first-order chi connectivity index (χ1) is 10.9. The predicted molar refractivity (Wildman–Crippen MR) is 87.8 cm³/mol. The summed E-state index contributed by atoms with van der Waals surface area (Å²) in [6.45, 7) is 1.58. The molecule has 0 radical (unpaired) electrons. The van der Waals surface area contributed by atoms with Crippen LogP contribution >= 0.6 is 23.1 Å². The number of nitrogens with zero attached hydrogens (tertiary/aromatic N) is 1. The Hall–Kier alpha value is -2.13. The lowest BCUT2D eigenvalue weighted by Gasteiger charge is -2.23. The molecule has 122 valence electrons. The number of carbonyl (C=O) groups is 3. The normalized spacial score (nSPS) is 18.6. The fourth-order valence-corrected chi connectivity index (χ4v) is 3.58. The van der Waals surface area contributed by atoms with E-state index in [2.05, 4.69) is 10.3 Å². The number of nitrogens with one attached hydrogen (secondary N) is 1. The highest BCUT2D eigenvalue weighted by atomic mass is 32.2. The molecule has 23 heavy (non-hydrogen) atoms. The summed E-state index contributed by atoms with van der Waals surface area (Å²) < 4.78 is 0. The van der Waals surface area contributed by atoms with Gasteiger partial charge in [0.1, 0.15) is 11.1 Å². The molecule has 3 N–H and O–H groups in total. The van der Waals surface area contributed by atoms with Gasteiger partial charge >= 0.3 is 11.9 Å². The molecule has 0 bridgehead atoms. The largest absolute Gasteiger partial charge is 0.480 e. The Labute approximate surface area is 140 Å². The molecule has 0 spiro atoms. The Morgan fingerprint density at radius 3 is 2.70 bits per heavy atom. The number of thiophene rings is 1. The number of thioether (sulfide) groups is 1. The van der Waals surface area contributed by atoms with E-state index in [1.165, 1.54) is 11.3 Å². The lowest BCUT2D eigenvalue weighted by atomic mass is 10.2. The molecule has 1 aromatic heterocycles. The highest BCUT2D eigenvalue weighted by Gasteiger charge is 2.33. The van der Waals surface area contributed by atoms with E-state index in [9.17, 15) is 19.5 Å². The molecule has 0 aromatic carbocycles. The molecule has 0 aliphatic carbocycles. The van der Waals surface area contributed by atoms with Crippen molar-refractivity contribution in [2.24, 2.45) is 4.99 Å². The van der Waals surface area contributed by atoms with Crippen molar-refractivity contribution in [3.8, 4) is 0 Å². The van der Waals surface area contributed by atoms with E-state index in [0.717, 1.165) is 16.6 Å². The topological polar surface area (TPSA) is 116 Å². The Morgan fingerprint density at radius 1 is 1.39 bits per heavy atom. The maximum Gasteiger partial charge on any atom is 0.354 e. The molecule has 2 rings (SSSR count). The van der Waals surface area contributed by atoms with Crippen molar-refractivity contribution in [3.63, 3.8) is 0 Å². The molecule has 9 heteroatoms. The average molecular weight is 354 g/mol. The number of hydrogen-bond donors (Lipinski definition) is 3. The summed E-state index contributed by atoms with van der Waals surface area (Å²) in [6.07, 6.45) is 0.0726. The highest BCUT2D eigenvalue weighted by molar-refractivity contribution is 8.02. The summed E-state index contributed by atoms with van der Waals surface area (Å²) in [4.78, 5) is 39.3. The zero-order valence-electron chi connectivity index (χ0n) is 12.1. The van der Waals surface area contributed by atoms with Crippen LogP contribution in [0.25, 0.3) is 0 Å². The number of aliphatic imine (C=N–C) groups is 1. The van der Waals surface area contributed by atoms with Gasteiger partial charge in [0.2, 0.25) is 5.91 Å². The molecule has 1 amide bonds. The van der Waals surface area contributed by atoms with Gasteiger partial charge in [-0.1, -0.05) is 6.07 Å². The number of hydrogen-bond acceptors (Lipinski definition) is 6. The molecule has 7 nitrogen and oxygen atoms in total. The smallest absolute Gasteiger partial charge is 0.354 e. The predicted octanol–water partition coefficient (Wildman–Crippen LogP) is 1.36. The molecule has 0 saturated heterocycles. The zero-order valence-corrected chi connectivity index (χ0v) is 13.7. The molecule has 1 aliphatic rings. The molecule has 0 saturated carbocycles. The van der Waals surface area contributed by atoms with Crippen LogP contribution in [0.4, 0.5) is 0 Å². The molecule has 1 aliphatic heterocycles. The summed E-state index contributed by atoms with van der Waals surface area (Å²) in [7, 11) is 0. The van der Waals surface area contributed by atoms with Crippen molar-refractivity contribution in [3.05, 3.63) is 33.4 Å². The second kappa shape index (κ2) is 7.42. The third-order valence-corrected chi connectivity index (χ3v) is 5.02. The van der Waals surface area contributed by atoms with Gasteiger partial charge in [-0.25, -0.2) is 9.59 Å². The summed E-state index contributed by atoms with van der Waals surface area (Å²) in [5.74, 6) is -2.93. The van der Waals surface area contributed by atoms with Crippen molar-refractivity contribution in [1.82, 2.24) is 5.32 Å². The van der Waals surface area contributed by atoms with Crippen LogP contribution in [-0.4, -0.2) is 45.2 Å². The third-order valence-electron chi connectivity index (χ3n) is 3.00. The highest BCUT2D eigenvalue weighted by Crippen LogP contribution is 2.26. The van der Waals surface area contributed by atoms with E-state index in [4.69, 9.17) is 5.11 Å². The van der Waals surface area contributed by atoms with E-state index < -0.39 is 29.3 Å². The summed E-state index contributed by atoms with van der Waals surface area (Å²) in [6, 6.07) is 2.28. The van der Waals surface area contributed by atoms with Gasteiger partial charge < -0.3 is 15.5 Å². The van der Waals surface area contributed by atoms with Crippen LogP contribution in [0, 0.1) is 0 Å². The van der Waals surface area contributed by atoms with E-state index in [0.29, 0.717) is 5.57 Å². The summed E-state index contributed by atoms with van der Waals surface area (Å²) >= 11 is 2.47. The summed E-state index contributed by atoms with van der Waals surface area (Å²) in [5.41, 5.74) is 0.264. The fraction of sp³-hybridized carbons (Fsp3) is 0.286.